The number of aromatic nitrogens is 4. The number of hydrogen-bond donors (Lipinski definition) is 1. The van der Waals surface area contributed by atoms with Crippen molar-refractivity contribution >= 4 is 51.3 Å². The van der Waals surface area contributed by atoms with Gasteiger partial charge in [0.2, 0.25) is 5.13 Å². The van der Waals surface area contributed by atoms with Gasteiger partial charge >= 0.3 is 5.91 Å². The van der Waals surface area contributed by atoms with Crippen LogP contribution < -0.4 is 9.64 Å². The molecule has 1 N–H and O–H groups in total. The number of nitrogens with zero attached hydrogens (tertiary/aromatic N) is 5. The van der Waals surface area contributed by atoms with Gasteiger partial charge in [-0.2, -0.15) is 0 Å². The molecular weight excluding hydrogens is 590 g/mol. The summed E-state index contributed by atoms with van der Waals surface area (Å²) >= 11 is 2.39. The fourth-order valence-corrected chi connectivity index (χ4v) is 6.83. The molecule has 0 radical (unpaired) electrons. The fourth-order valence-electron chi connectivity index (χ4n) is 4.98. The number of aliphatic hydroxyl groups is 1. The van der Waals surface area contributed by atoms with Crippen LogP contribution in [0.15, 0.2) is 82.8 Å². The molecular formula is C31H26FN5O4S2. The number of fused-ring (bicyclic) bond motifs is 1. The lowest BCUT2D eigenvalue weighted by molar-refractivity contribution is -0.132. The number of Topliss-reactive ketones (excluding diaryl/α,β-unsaturated/α-hetero) is 1. The number of carbonyl (C=O) groups is 2. The summed E-state index contributed by atoms with van der Waals surface area (Å²) in [5.74, 6) is -1.50. The maximum Gasteiger partial charge on any atom is 0.301 e. The van der Waals surface area contributed by atoms with E-state index in [1.165, 1.54) is 22.7 Å². The van der Waals surface area contributed by atoms with Crippen molar-refractivity contribution in [2.75, 3.05) is 11.5 Å². The van der Waals surface area contributed by atoms with Crippen molar-refractivity contribution in [1.29, 1.82) is 0 Å². The molecule has 0 spiro atoms. The smallest absolute Gasteiger partial charge is 0.301 e. The number of ether oxygens (including phenoxy) is 1. The van der Waals surface area contributed by atoms with E-state index in [9.17, 15) is 19.1 Å². The minimum absolute atomic E-state index is 0.0952. The lowest BCUT2D eigenvalue weighted by Crippen LogP contribution is -2.29. The molecule has 0 aliphatic carbocycles. The van der Waals surface area contributed by atoms with Gasteiger partial charge in [-0.05, 0) is 54.8 Å². The molecule has 3 aromatic heterocycles. The van der Waals surface area contributed by atoms with E-state index in [1.54, 1.807) is 72.1 Å². The first-order valence-corrected chi connectivity index (χ1v) is 15.3. The Morgan fingerprint density at radius 1 is 1.09 bits per heavy atom. The van der Waals surface area contributed by atoms with E-state index in [0.29, 0.717) is 50.6 Å². The van der Waals surface area contributed by atoms with Crippen LogP contribution in [0.4, 0.5) is 9.52 Å². The van der Waals surface area contributed by atoms with E-state index in [-0.39, 0.29) is 22.3 Å². The standard InChI is InChI=1S/C31H26FN5O4S2/c1-3-15-41-21-11-8-10-19(16-21)26-24(27(38)25-18(2)33-23-13-6-7-14-36(23)25)28(39)29(40)37(26)30-34-35-31(43-30)42-17-20-9-4-5-12-22(20)32/h4-14,16,26,38H,3,15,17H2,1-2H3. The summed E-state index contributed by atoms with van der Waals surface area (Å²) < 4.78 is 22.2. The number of benzene rings is 2. The Morgan fingerprint density at radius 2 is 1.91 bits per heavy atom. The molecule has 12 heteroatoms. The van der Waals surface area contributed by atoms with Gasteiger partial charge in [0.15, 0.2) is 10.1 Å². The fraction of sp³-hybridized carbons (Fsp3) is 0.194. The summed E-state index contributed by atoms with van der Waals surface area (Å²) in [5.41, 5.74) is 2.37. The second-order valence-electron chi connectivity index (χ2n) is 9.80. The van der Waals surface area contributed by atoms with Crippen LogP contribution in [-0.4, -0.2) is 43.0 Å². The van der Waals surface area contributed by atoms with Crippen LogP contribution in [0.5, 0.6) is 5.75 Å². The summed E-state index contributed by atoms with van der Waals surface area (Å²) in [6.45, 7) is 4.22. The SMILES string of the molecule is CCCOc1cccc(C2C(=C(O)c3c(C)nc4ccccn34)C(=O)C(=O)N2c2nnc(SCc3ccccc3F)s2)c1. The van der Waals surface area contributed by atoms with Crippen molar-refractivity contribution in [1.82, 2.24) is 19.6 Å². The first-order chi connectivity index (χ1) is 20.9. The van der Waals surface area contributed by atoms with E-state index in [4.69, 9.17) is 4.74 Å². The zero-order chi connectivity index (χ0) is 30.1. The molecule has 2 aromatic carbocycles. The Kier molecular flexibility index (Phi) is 7.96. The molecule has 9 nitrogen and oxygen atoms in total. The Balaban J connectivity index is 1.45. The molecule has 218 valence electrons. The van der Waals surface area contributed by atoms with Gasteiger partial charge < -0.3 is 9.84 Å². The highest BCUT2D eigenvalue weighted by molar-refractivity contribution is 8.00. The predicted molar refractivity (Wildman–Crippen MR) is 163 cm³/mol. The van der Waals surface area contributed by atoms with Crippen molar-refractivity contribution < 1.29 is 23.8 Å². The summed E-state index contributed by atoms with van der Waals surface area (Å²) in [7, 11) is 0. The quantitative estimate of drug-likeness (QED) is 0.0673. The number of anilines is 1. The molecule has 5 aromatic rings. The minimum atomic E-state index is -1.02. The highest BCUT2D eigenvalue weighted by Gasteiger charge is 2.49. The topological polar surface area (TPSA) is 110 Å². The van der Waals surface area contributed by atoms with Crippen LogP contribution >= 0.6 is 23.1 Å². The first-order valence-electron chi connectivity index (χ1n) is 13.5. The molecule has 1 unspecified atom stereocenters. The van der Waals surface area contributed by atoms with E-state index >= 15 is 0 Å². The van der Waals surface area contributed by atoms with Crippen LogP contribution in [0, 0.1) is 12.7 Å². The second-order valence-corrected chi connectivity index (χ2v) is 12.0. The minimum Gasteiger partial charge on any atom is -0.505 e. The zero-order valence-electron chi connectivity index (χ0n) is 23.2. The van der Waals surface area contributed by atoms with E-state index in [0.717, 1.165) is 17.8 Å². The third-order valence-electron chi connectivity index (χ3n) is 6.93. The molecule has 6 rings (SSSR count). The summed E-state index contributed by atoms with van der Waals surface area (Å²) in [4.78, 5) is 33.2. The predicted octanol–water partition coefficient (Wildman–Crippen LogP) is 6.34. The molecule has 0 bridgehead atoms. The Morgan fingerprint density at radius 3 is 2.72 bits per heavy atom. The number of halogens is 1. The highest BCUT2D eigenvalue weighted by atomic mass is 32.2. The molecule has 1 aliphatic rings. The van der Waals surface area contributed by atoms with Gasteiger partial charge in [0.1, 0.15) is 22.9 Å². The highest BCUT2D eigenvalue weighted by Crippen LogP contribution is 2.45. The molecule has 4 heterocycles. The van der Waals surface area contributed by atoms with E-state index < -0.39 is 17.7 Å². The maximum atomic E-state index is 14.2. The average molecular weight is 616 g/mol. The number of ketones is 1. The molecule has 1 atom stereocenters. The number of carbonyl (C=O) groups excluding carboxylic acids is 2. The Bertz CT molecular complexity index is 1880. The number of aryl methyl sites for hydroxylation is 1. The molecule has 43 heavy (non-hydrogen) atoms. The second kappa shape index (κ2) is 12.0. The first kappa shape index (κ1) is 28.6. The van der Waals surface area contributed by atoms with E-state index in [1.807, 2.05) is 13.0 Å². The van der Waals surface area contributed by atoms with Gasteiger partial charge in [-0.15, -0.1) is 10.2 Å². The number of hydrogen-bond acceptors (Lipinski definition) is 9. The van der Waals surface area contributed by atoms with Crippen molar-refractivity contribution in [2.24, 2.45) is 0 Å². The third kappa shape index (κ3) is 5.39. The lowest BCUT2D eigenvalue weighted by Gasteiger charge is -2.23. The Labute approximate surface area is 254 Å². The van der Waals surface area contributed by atoms with E-state index in [2.05, 4.69) is 15.2 Å². The number of imidazole rings is 1. The van der Waals surface area contributed by atoms with Crippen molar-refractivity contribution in [3.05, 3.63) is 107 Å². The van der Waals surface area contributed by atoms with Gasteiger partial charge in [-0.3, -0.25) is 18.9 Å². The number of thioether (sulfide) groups is 1. The van der Waals surface area contributed by atoms with Gasteiger partial charge in [0.05, 0.1) is 23.9 Å². The summed E-state index contributed by atoms with van der Waals surface area (Å²) in [6.07, 6.45) is 2.53. The van der Waals surface area contributed by atoms with Crippen molar-refractivity contribution in [2.45, 2.75) is 36.4 Å². The number of rotatable bonds is 9. The average Bonchev–Trinajstić information content (AvgIpc) is 3.69. The zero-order valence-corrected chi connectivity index (χ0v) is 24.9. The molecule has 1 amide bonds. The number of amides is 1. The van der Waals surface area contributed by atoms with Gasteiger partial charge in [-0.1, -0.05) is 66.4 Å². The van der Waals surface area contributed by atoms with Crippen LogP contribution in [0.3, 0.4) is 0 Å². The summed E-state index contributed by atoms with van der Waals surface area (Å²) in [5, 5.41) is 20.4. The summed E-state index contributed by atoms with van der Waals surface area (Å²) in [6, 6.07) is 17.9. The largest absolute Gasteiger partial charge is 0.505 e. The molecule has 1 fully saturated rings. The van der Waals surface area contributed by atoms with Crippen molar-refractivity contribution in [3.8, 4) is 5.75 Å². The van der Waals surface area contributed by atoms with Crippen LogP contribution in [0.25, 0.3) is 11.4 Å². The number of pyridine rings is 1. The molecule has 1 aliphatic heterocycles. The van der Waals surface area contributed by atoms with Gasteiger partial charge in [0, 0.05) is 11.9 Å². The Hall–Kier alpha value is -4.55. The van der Waals surface area contributed by atoms with Gasteiger partial charge in [-0.25, -0.2) is 9.37 Å². The maximum absolute atomic E-state index is 14.2. The van der Waals surface area contributed by atoms with Crippen LogP contribution in [-0.2, 0) is 15.3 Å². The molecule has 0 saturated carbocycles. The normalized spacial score (nSPS) is 16.3. The lowest BCUT2D eigenvalue weighted by atomic mass is 9.96. The number of aliphatic hydroxyl groups excluding tert-OH is 1. The van der Waals surface area contributed by atoms with Crippen molar-refractivity contribution in [3.63, 3.8) is 0 Å². The van der Waals surface area contributed by atoms with Crippen LogP contribution in [0.1, 0.15) is 41.9 Å². The van der Waals surface area contributed by atoms with Crippen LogP contribution in [0.2, 0.25) is 0 Å². The third-order valence-corrected chi connectivity index (χ3v) is 9.04. The molecule has 1 saturated heterocycles. The monoisotopic (exact) mass is 615 g/mol. The van der Waals surface area contributed by atoms with Gasteiger partial charge in [0.25, 0.3) is 5.78 Å².